The van der Waals surface area contributed by atoms with E-state index in [0.29, 0.717) is 24.5 Å². The Morgan fingerprint density at radius 3 is 2.69 bits per heavy atom. The number of amides is 1. The maximum atomic E-state index is 12.5. The summed E-state index contributed by atoms with van der Waals surface area (Å²) in [4.78, 5) is 23.7. The van der Waals surface area contributed by atoms with Crippen molar-refractivity contribution in [3.05, 3.63) is 66.1 Å². The van der Waals surface area contributed by atoms with Crippen LogP contribution in [0.4, 0.5) is 0 Å². The summed E-state index contributed by atoms with van der Waals surface area (Å²) in [6.45, 7) is 0.759. The highest BCUT2D eigenvalue weighted by molar-refractivity contribution is 5.92. The van der Waals surface area contributed by atoms with E-state index in [1.165, 1.54) is 0 Å². The van der Waals surface area contributed by atoms with Gasteiger partial charge in [-0.1, -0.05) is 30.3 Å². The van der Waals surface area contributed by atoms with E-state index in [0.717, 1.165) is 10.8 Å². The molecule has 1 amide bonds. The second-order valence-electron chi connectivity index (χ2n) is 7.17. The number of fused-ring (bicyclic) bond motifs is 1. The van der Waals surface area contributed by atoms with Crippen LogP contribution in [-0.4, -0.2) is 35.7 Å². The Morgan fingerprint density at radius 1 is 1.10 bits per heavy atom. The van der Waals surface area contributed by atoms with E-state index in [1.807, 2.05) is 42.5 Å². The van der Waals surface area contributed by atoms with Crippen LogP contribution in [-0.2, 0) is 16.1 Å². The molecule has 2 aromatic carbocycles. The Hall–Kier alpha value is -3.32. The summed E-state index contributed by atoms with van der Waals surface area (Å²) in [6, 6.07) is 17.0. The molecule has 0 radical (unpaired) electrons. The first kappa shape index (κ1) is 19.0. The summed E-state index contributed by atoms with van der Waals surface area (Å²) in [7, 11) is 0. The summed E-state index contributed by atoms with van der Waals surface area (Å²) in [5, 5.41) is 14.1. The number of furan rings is 1. The van der Waals surface area contributed by atoms with Crippen LogP contribution in [0.5, 0.6) is 5.75 Å². The van der Waals surface area contributed by atoms with Gasteiger partial charge in [0.05, 0.1) is 18.6 Å². The number of hydrogen-bond donors (Lipinski definition) is 2. The van der Waals surface area contributed by atoms with Crippen LogP contribution in [0, 0.1) is 0 Å². The minimum Gasteiger partial charge on any atom is -0.486 e. The molecule has 1 fully saturated rings. The fraction of sp³-hybridized carbons (Fsp3) is 0.273. The smallest absolute Gasteiger partial charge is 0.305 e. The number of nitrogens with one attached hydrogen (secondary N) is 1. The van der Waals surface area contributed by atoms with Crippen molar-refractivity contribution in [2.75, 3.05) is 13.2 Å². The van der Waals surface area contributed by atoms with E-state index in [9.17, 15) is 9.59 Å². The van der Waals surface area contributed by atoms with Gasteiger partial charge >= 0.3 is 5.97 Å². The van der Waals surface area contributed by atoms with Gasteiger partial charge in [-0.15, -0.1) is 0 Å². The molecule has 7 heteroatoms. The molecule has 1 aromatic heterocycles. The number of hydrogen-bond acceptors (Lipinski definition) is 5. The predicted octanol–water partition coefficient (Wildman–Crippen LogP) is 3.38. The Bertz CT molecular complexity index is 1030. The monoisotopic (exact) mass is 395 g/mol. The van der Waals surface area contributed by atoms with E-state index in [-0.39, 0.29) is 25.4 Å². The molecule has 0 saturated carbocycles. The average Bonchev–Trinajstić information content (AvgIpc) is 3.35. The molecule has 1 unspecified atom stereocenters. The summed E-state index contributed by atoms with van der Waals surface area (Å²) in [5.41, 5.74) is -0.905. The molecule has 3 aromatic rings. The fourth-order valence-electron chi connectivity index (χ4n) is 3.47. The van der Waals surface area contributed by atoms with Crippen molar-refractivity contribution in [3.8, 4) is 5.75 Å². The van der Waals surface area contributed by atoms with E-state index in [2.05, 4.69) is 5.32 Å². The Labute approximate surface area is 167 Å². The van der Waals surface area contributed by atoms with Crippen molar-refractivity contribution in [2.24, 2.45) is 0 Å². The Kier molecular flexibility index (Phi) is 5.22. The Balaban J connectivity index is 1.39. The summed E-state index contributed by atoms with van der Waals surface area (Å²) in [6.07, 6.45) is 0.251. The first-order chi connectivity index (χ1) is 14.0. The van der Waals surface area contributed by atoms with Crippen molar-refractivity contribution < 1.29 is 28.6 Å². The van der Waals surface area contributed by atoms with Gasteiger partial charge in [0, 0.05) is 6.61 Å². The molecule has 4 rings (SSSR count). The summed E-state index contributed by atoms with van der Waals surface area (Å²) in [5.74, 6) is -0.139. The number of benzene rings is 2. The van der Waals surface area contributed by atoms with Gasteiger partial charge in [-0.2, -0.15) is 0 Å². The molecule has 150 valence electrons. The van der Waals surface area contributed by atoms with E-state index < -0.39 is 17.4 Å². The van der Waals surface area contributed by atoms with Gasteiger partial charge in [0.25, 0.3) is 5.91 Å². The number of ether oxygens (including phenoxy) is 2. The van der Waals surface area contributed by atoms with Crippen LogP contribution < -0.4 is 10.1 Å². The number of carbonyl (C=O) groups excluding carboxylic acids is 1. The molecule has 2 N–H and O–H groups in total. The zero-order valence-corrected chi connectivity index (χ0v) is 15.7. The standard InChI is InChI=1S/C22H21NO6/c24-20(25)12-22(9-10-27-14-22)23-21(26)19-8-7-18(29-19)13-28-17-6-5-15-3-1-2-4-16(15)11-17/h1-8,11H,9-10,12-14H2,(H,23,26)(H,24,25). The lowest BCUT2D eigenvalue weighted by atomic mass is 9.94. The van der Waals surface area contributed by atoms with Gasteiger partial charge in [-0.3, -0.25) is 9.59 Å². The predicted molar refractivity (Wildman–Crippen MR) is 105 cm³/mol. The third kappa shape index (κ3) is 4.41. The van der Waals surface area contributed by atoms with Crippen molar-refractivity contribution >= 4 is 22.6 Å². The van der Waals surface area contributed by atoms with Gasteiger partial charge in [0.2, 0.25) is 0 Å². The molecule has 7 nitrogen and oxygen atoms in total. The van der Waals surface area contributed by atoms with Crippen LogP contribution in [0.2, 0.25) is 0 Å². The van der Waals surface area contributed by atoms with Crippen molar-refractivity contribution in [1.82, 2.24) is 5.32 Å². The third-order valence-corrected chi connectivity index (χ3v) is 4.96. The quantitative estimate of drug-likeness (QED) is 0.636. The molecule has 0 aliphatic carbocycles. The van der Waals surface area contributed by atoms with Gasteiger partial charge < -0.3 is 24.3 Å². The first-order valence-electron chi connectivity index (χ1n) is 9.35. The highest BCUT2D eigenvalue weighted by Crippen LogP contribution is 2.24. The molecule has 1 saturated heterocycles. The highest BCUT2D eigenvalue weighted by atomic mass is 16.5. The third-order valence-electron chi connectivity index (χ3n) is 4.96. The van der Waals surface area contributed by atoms with Gasteiger partial charge in [0.15, 0.2) is 5.76 Å². The fourth-order valence-corrected chi connectivity index (χ4v) is 3.47. The molecule has 0 spiro atoms. The number of carboxylic acids is 1. The van der Waals surface area contributed by atoms with Crippen LogP contribution in [0.15, 0.2) is 59.0 Å². The van der Waals surface area contributed by atoms with Gasteiger partial charge in [-0.25, -0.2) is 0 Å². The molecule has 1 atom stereocenters. The van der Waals surface area contributed by atoms with Crippen molar-refractivity contribution in [1.29, 1.82) is 0 Å². The number of aliphatic carboxylic acids is 1. The minimum atomic E-state index is -0.986. The maximum absolute atomic E-state index is 12.5. The zero-order valence-electron chi connectivity index (χ0n) is 15.7. The minimum absolute atomic E-state index is 0.110. The highest BCUT2D eigenvalue weighted by Gasteiger charge is 2.39. The summed E-state index contributed by atoms with van der Waals surface area (Å²) < 4.78 is 16.7. The second-order valence-corrected chi connectivity index (χ2v) is 7.17. The Morgan fingerprint density at radius 2 is 1.93 bits per heavy atom. The molecule has 2 heterocycles. The number of carboxylic acid groups (broad SMARTS) is 1. The maximum Gasteiger partial charge on any atom is 0.305 e. The van der Waals surface area contributed by atoms with Crippen molar-refractivity contribution in [3.63, 3.8) is 0 Å². The lowest BCUT2D eigenvalue weighted by Crippen LogP contribution is -2.50. The van der Waals surface area contributed by atoms with Crippen LogP contribution >= 0.6 is 0 Å². The van der Waals surface area contributed by atoms with Crippen LogP contribution in [0.1, 0.15) is 29.2 Å². The largest absolute Gasteiger partial charge is 0.486 e. The zero-order chi connectivity index (χ0) is 20.3. The molecule has 29 heavy (non-hydrogen) atoms. The summed E-state index contributed by atoms with van der Waals surface area (Å²) >= 11 is 0. The molecule has 1 aliphatic heterocycles. The lowest BCUT2D eigenvalue weighted by molar-refractivity contribution is -0.138. The molecular formula is C22H21NO6. The molecule has 1 aliphatic rings. The average molecular weight is 395 g/mol. The lowest BCUT2D eigenvalue weighted by Gasteiger charge is -2.26. The second kappa shape index (κ2) is 7.97. The van der Waals surface area contributed by atoms with Crippen LogP contribution in [0.25, 0.3) is 10.8 Å². The van der Waals surface area contributed by atoms with Gasteiger partial charge in [0.1, 0.15) is 18.1 Å². The molecular weight excluding hydrogens is 374 g/mol. The van der Waals surface area contributed by atoms with E-state index in [4.69, 9.17) is 19.0 Å². The number of carbonyl (C=O) groups is 2. The van der Waals surface area contributed by atoms with Crippen LogP contribution in [0.3, 0.4) is 0 Å². The van der Waals surface area contributed by atoms with E-state index in [1.54, 1.807) is 12.1 Å². The molecule has 0 bridgehead atoms. The topological polar surface area (TPSA) is 98.0 Å². The first-order valence-corrected chi connectivity index (χ1v) is 9.35. The van der Waals surface area contributed by atoms with Gasteiger partial charge in [-0.05, 0) is 41.5 Å². The number of rotatable bonds is 7. The SMILES string of the molecule is O=C(O)CC1(NC(=O)c2ccc(COc3ccc4ccccc4c3)o2)CCOC1. The van der Waals surface area contributed by atoms with E-state index >= 15 is 0 Å². The normalized spacial score (nSPS) is 18.6. The van der Waals surface area contributed by atoms with Crippen molar-refractivity contribution in [2.45, 2.75) is 25.0 Å².